The maximum atomic E-state index is 12.9. The predicted molar refractivity (Wildman–Crippen MR) is 85.4 cm³/mol. The van der Waals surface area contributed by atoms with Crippen LogP contribution in [0.5, 0.6) is 0 Å². The summed E-state index contributed by atoms with van der Waals surface area (Å²) in [6, 6.07) is 1.89. The minimum absolute atomic E-state index is 0.0630. The van der Waals surface area contributed by atoms with Gasteiger partial charge in [0.1, 0.15) is 5.76 Å². The molecule has 0 aromatic carbocycles. The Balaban J connectivity index is 1.55. The van der Waals surface area contributed by atoms with Crippen LogP contribution in [0.15, 0.2) is 10.6 Å². The predicted octanol–water partition coefficient (Wildman–Crippen LogP) is 1.85. The first-order valence-corrected chi connectivity index (χ1v) is 8.68. The van der Waals surface area contributed by atoms with Crippen molar-refractivity contribution in [3.05, 3.63) is 34.5 Å². The average molecular weight is 330 g/mol. The SMILES string of the molecule is CC[C@H](O)c1cc2n(n1)CCN(C(=O)c1noc3c1CCCC3)C2. The standard InChI is InChI=1S/C17H22N4O3/c1-2-14(22)13-9-11-10-20(7-8-21(11)18-13)17(23)16-12-5-3-4-6-15(12)24-19-16/h9,14,22H,2-8,10H2,1H3/t14-/m0/s1. The number of aliphatic hydroxyl groups is 1. The van der Waals surface area contributed by atoms with E-state index in [4.69, 9.17) is 4.52 Å². The number of amides is 1. The third-order valence-corrected chi connectivity index (χ3v) is 4.98. The Morgan fingerprint density at radius 1 is 1.38 bits per heavy atom. The van der Waals surface area contributed by atoms with Crippen molar-refractivity contribution in [2.75, 3.05) is 6.54 Å². The van der Waals surface area contributed by atoms with E-state index in [-0.39, 0.29) is 5.91 Å². The van der Waals surface area contributed by atoms with Crippen LogP contribution in [0.4, 0.5) is 0 Å². The number of aliphatic hydroxyl groups excluding tert-OH is 1. The highest BCUT2D eigenvalue weighted by Gasteiger charge is 2.30. The highest BCUT2D eigenvalue weighted by molar-refractivity contribution is 5.94. The van der Waals surface area contributed by atoms with Crippen molar-refractivity contribution in [3.8, 4) is 0 Å². The summed E-state index contributed by atoms with van der Waals surface area (Å²) in [5.41, 5.74) is 3.11. The molecule has 1 aliphatic heterocycles. The molecule has 7 nitrogen and oxygen atoms in total. The van der Waals surface area contributed by atoms with Crippen molar-refractivity contribution in [2.24, 2.45) is 0 Å². The van der Waals surface area contributed by atoms with Crippen molar-refractivity contribution in [2.45, 2.75) is 58.2 Å². The molecule has 2 aromatic rings. The fraction of sp³-hybridized carbons (Fsp3) is 0.588. The smallest absolute Gasteiger partial charge is 0.276 e. The van der Waals surface area contributed by atoms with Crippen molar-refractivity contribution < 1.29 is 14.4 Å². The molecule has 0 bridgehead atoms. The lowest BCUT2D eigenvalue weighted by molar-refractivity contribution is 0.0694. The first kappa shape index (κ1) is 15.4. The summed E-state index contributed by atoms with van der Waals surface area (Å²) in [4.78, 5) is 14.7. The number of carbonyl (C=O) groups excluding carboxylic acids is 1. The fourth-order valence-corrected chi connectivity index (χ4v) is 3.54. The van der Waals surface area contributed by atoms with Crippen LogP contribution in [0, 0.1) is 0 Å². The van der Waals surface area contributed by atoms with Crippen molar-refractivity contribution in [1.29, 1.82) is 0 Å². The van der Waals surface area contributed by atoms with Gasteiger partial charge in [-0.15, -0.1) is 0 Å². The number of carbonyl (C=O) groups is 1. The van der Waals surface area contributed by atoms with Crippen molar-refractivity contribution in [3.63, 3.8) is 0 Å². The molecular weight excluding hydrogens is 308 g/mol. The van der Waals surface area contributed by atoms with Crippen LogP contribution in [0.1, 0.15) is 65.5 Å². The molecule has 24 heavy (non-hydrogen) atoms. The summed E-state index contributed by atoms with van der Waals surface area (Å²) in [6.45, 7) is 3.64. The number of hydrogen-bond acceptors (Lipinski definition) is 5. The van der Waals surface area contributed by atoms with E-state index < -0.39 is 6.10 Å². The van der Waals surface area contributed by atoms with Gasteiger partial charge in [-0.2, -0.15) is 5.10 Å². The summed E-state index contributed by atoms with van der Waals surface area (Å²) in [6.07, 6.45) is 4.01. The number of aryl methyl sites for hydroxylation is 1. The van der Waals surface area contributed by atoms with Gasteiger partial charge in [0.05, 0.1) is 30.6 Å². The van der Waals surface area contributed by atoms with Crippen molar-refractivity contribution in [1.82, 2.24) is 19.8 Å². The molecule has 0 fully saturated rings. The molecule has 1 N–H and O–H groups in total. The number of nitrogens with zero attached hydrogens (tertiary/aromatic N) is 4. The largest absolute Gasteiger partial charge is 0.387 e. The molecule has 1 atom stereocenters. The second kappa shape index (κ2) is 6.05. The van der Waals surface area contributed by atoms with E-state index in [0.717, 1.165) is 42.7 Å². The number of rotatable bonds is 3. The Hall–Kier alpha value is -2.15. The van der Waals surface area contributed by atoms with E-state index in [1.807, 2.05) is 17.7 Å². The summed E-state index contributed by atoms with van der Waals surface area (Å²) in [7, 11) is 0. The van der Waals surface area contributed by atoms with Gasteiger partial charge in [-0.05, 0) is 31.7 Å². The molecule has 7 heteroatoms. The first-order chi connectivity index (χ1) is 11.7. The van der Waals surface area contributed by atoms with Crippen molar-refractivity contribution >= 4 is 5.91 Å². The molecule has 2 aliphatic rings. The second-order valence-electron chi connectivity index (χ2n) is 6.57. The minimum Gasteiger partial charge on any atom is -0.387 e. The maximum absolute atomic E-state index is 12.9. The summed E-state index contributed by atoms with van der Waals surface area (Å²) in [5.74, 6) is 0.812. The van der Waals surface area contributed by atoms with Gasteiger partial charge in [-0.3, -0.25) is 9.48 Å². The average Bonchev–Trinajstić information content (AvgIpc) is 3.23. The van der Waals surface area contributed by atoms with Gasteiger partial charge in [-0.25, -0.2) is 0 Å². The Kier molecular flexibility index (Phi) is 3.88. The zero-order valence-corrected chi connectivity index (χ0v) is 13.9. The summed E-state index contributed by atoms with van der Waals surface area (Å²) >= 11 is 0. The van der Waals surface area contributed by atoms with Gasteiger partial charge >= 0.3 is 0 Å². The minimum atomic E-state index is -0.546. The third-order valence-electron chi connectivity index (χ3n) is 4.98. The first-order valence-electron chi connectivity index (χ1n) is 8.68. The molecule has 0 saturated carbocycles. The number of hydrogen-bond donors (Lipinski definition) is 1. The van der Waals surface area contributed by atoms with Crippen LogP contribution in [0.25, 0.3) is 0 Å². The van der Waals surface area contributed by atoms with Crippen LogP contribution >= 0.6 is 0 Å². The second-order valence-corrected chi connectivity index (χ2v) is 6.57. The highest BCUT2D eigenvalue weighted by atomic mass is 16.5. The Bertz CT molecular complexity index is 764. The van der Waals surface area contributed by atoms with E-state index in [2.05, 4.69) is 10.3 Å². The van der Waals surface area contributed by atoms with Crippen LogP contribution in [-0.4, -0.2) is 37.4 Å². The lowest BCUT2D eigenvalue weighted by atomic mass is 9.96. The van der Waals surface area contributed by atoms with E-state index in [9.17, 15) is 9.90 Å². The van der Waals surface area contributed by atoms with Crippen LogP contribution in [0.2, 0.25) is 0 Å². The molecule has 4 rings (SSSR count). The highest BCUT2D eigenvalue weighted by Crippen LogP contribution is 2.26. The van der Waals surface area contributed by atoms with Gasteiger partial charge in [0.15, 0.2) is 5.69 Å². The topological polar surface area (TPSA) is 84.4 Å². The molecule has 1 amide bonds. The lowest BCUT2D eigenvalue weighted by Crippen LogP contribution is -2.39. The van der Waals surface area contributed by atoms with Crippen LogP contribution < -0.4 is 0 Å². The quantitative estimate of drug-likeness (QED) is 0.928. The Morgan fingerprint density at radius 3 is 3.04 bits per heavy atom. The van der Waals surface area contributed by atoms with E-state index in [1.54, 1.807) is 4.90 Å². The van der Waals surface area contributed by atoms with E-state index in [1.165, 1.54) is 0 Å². The van der Waals surface area contributed by atoms with E-state index in [0.29, 0.717) is 37.4 Å². The zero-order chi connectivity index (χ0) is 16.7. The Morgan fingerprint density at radius 2 is 2.21 bits per heavy atom. The maximum Gasteiger partial charge on any atom is 0.276 e. The molecule has 128 valence electrons. The molecular formula is C17H22N4O3. The molecule has 0 radical (unpaired) electrons. The summed E-state index contributed by atoms with van der Waals surface area (Å²) < 4.78 is 7.26. The fourth-order valence-electron chi connectivity index (χ4n) is 3.54. The third kappa shape index (κ3) is 2.53. The van der Waals surface area contributed by atoms with Gasteiger partial charge in [0.2, 0.25) is 0 Å². The van der Waals surface area contributed by atoms with Gasteiger partial charge < -0.3 is 14.5 Å². The molecule has 1 aliphatic carbocycles. The molecule has 0 saturated heterocycles. The molecule has 3 heterocycles. The van der Waals surface area contributed by atoms with Gasteiger partial charge in [-0.1, -0.05) is 12.1 Å². The number of aromatic nitrogens is 3. The summed E-state index contributed by atoms with van der Waals surface area (Å²) in [5, 5.41) is 18.4. The van der Waals surface area contributed by atoms with Gasteiger partial charge in [0.25, 0.3) is 5.91 Å². The van der Waals surface area contributed by atoms with Crippen LogP contribution in [-0.2, 0) is 25.9 Å². The Labute approximate surface area is 140 Å². The van der Waals surface area contributed by atoms with Gasteiger partial charge in [0, 0.05) is 18.5 Å². The van der Waals surface area contributed by atoms with E-state index >= 15 is 0 Å². The zero-order valence-electron chi connectivity index (χ0n) is 13.9. The number of fused-ring (bicyclic) bond motifs is 2. The molecule has 0 spiro atoms. The molecule has 2 aromatic heterocycles. The monoisotopic (exact) mass is 330 g/mol. The molecule has 0 unspecified atom stereocenters. The van der Waals surface area contributed by atoms with Crippen LogP contribution in [0.3, 0.4) is 0 Å². The normalized spacial score (nSPS) is 18.2. The lowest BCUT2D eigenvalue weighted by Gasteiger charge is -2.27.